The molecule has 0 amide bonds. The van der Waals surface area contributed by atoms with Crippen molar-refractivity contribution in [1.29, 1.82) is 0 Å². The normalized spacial score (nSPS) is 11.2. The average Bonchev–Trinajstić information content (AvgIpc) is 1.85. The second-order valence-electron chi connectivity index (χ2n) is 2.26. The van der Waals surface area contributed by atoms with E-state index in [2.05, 4.69) is 31.9 Å². The van der Waals surface area contributed by atoms with Gasteiger partial charge in [0.25, 0.3) is 0 Å². The van der Waals surface area contributed by atoms with E-state index in [1.807, 2.05) is 0 Å². The van der Waals surface area contributed by atoms with Crippen LogP contribution in [0.25, 0.3) is 0 Å². The van der Waals surface area contributed by atoms with E-state index in [-0.39, 0.29) is 12.8 Å². The SMILES string of the molecule is O=C(O)CCCC(Br)(Br)C(=O)O. The fourth-order valence-electron chi connectivity index (χ4n) is 0.569. The van der Waals surface area contributed by atoms with Gasteiger partial charge in [-0.3, -0.25) is 4.79 Å². The summed E-state index contributed by atoms with van der Waals surface area (Å²) in [4.78, 5) is 20.5. The summed E-state index contributed by atoms with van der Waals surface area (Å²) in [5.74, 6) is -1.97. The minimum Gasteiger partial charge on any atom is -0.481 e. The van der Waals surface area contributed by atoms with Gasteiger partial charge in [0.15, 0.2) is 3.23 Å². The Morgan fingerprint density at radius 2 is 1.75 bits per heavy atom. The van der Waals surface area contributed by atoms with Crippen molar-refractivity contribution in [1.82, 2.24) is 0 Å². The first-order valence-corrected chi connectivity index (χ1v) is 4.78. The Kier molecular flexibility index (Phi) is 4.77. The number of carbonyl (C=O) groups is 2. The van der Waals surface area contributed by atoms with Gasteiger partial charge in [-0.15, -0.1) is 0 Å². The molecule has 0 fully saturated rings. The van der Waals surface area contributed by atoms with Crippen molar-refractivity contribution in [3.63, 3.8) is 0 Å². The fraction of sp³-hybridized carbons (Fsp3) is 0.667. The zero-order valence-corrected chi connectivity index (χ0v) is 9.26. The van der Waals surface area contributed by atoms with Crippen molar-refractivity contribution < 1.29 is 19.8 Å². The molecule has 0 aliphatic rings. The maximum Gasteiger partial charge on any atom is 0.331 e. The molecule has 0 rings (SSSR count). The highest BCUT2D eigenvalue weighted by molar-refractivity contribution is 9.25. The minimum atomic E-state index is -1.19. The third kappa shape index (κ3) is 4.71. The highest BCUT2D eigenvalue weighted by atomic mass is 79.9. The van der Waals surface area contributed by atoms with Gasteiger partial charge in [0, 0.05) is 6.42 Å². The van der Waals surface area contributed by atoms with E-state index < -0.39 is 15.2 Å². The fourth-order valence-corrected chi connectivity index (χ4v) is 1.13. The molecule has 0 atom stereocenters. The molecule has 0 bridgehead atoms. The first kappa shape index (κ1) is 11.9. The molecule has 0 aromatic heterocycles. The Labute approximate surface area is 86.2 Å². The van der Waals surface area contributed by atoms with Crippen LogP contribution in [-0.2, 0) is 9.59 Å². The Morgan fingerprint density at radius 3 is 2.08 bits per heavy atom. The number of aliphatic carboxylic acids is 2. The zero-order valence-electron chi connectivity index (χ0n) is 6.09. The van der Waals surface area contributed by atoms with Crippen LogP contribution < -0.4 is 0 Å². The van der Waals surface area contributed by atoms with Crippen molar-refractivity contribution in [2.24, 2.45) is 0 Å². The van der Waals surface area contributed by atoms with Gasteiger partial charge in [-0.2, -0.15) is 0 Å². The molecule has 0 unspecified atom stereocenters. The third-order valence-electron chi connectivity index (χ3n) is 1.19. The molecule has 6 heteroatoms. The highest BCUT2D eigenvalue weighted by Crippen LogP contribution is 2.32. The summed E-state index contributed by atoms with van der Waals surface area (Å²) < 4.78 is -1.19. The number of alkyl halides is 2. The van der Waals surface area contributed by atoms with Gasteiger partial charge in [-0.25, -0.2) is 4.79 Å². The van der Waals surface area contributed by atoms with Crippen molar-refractivity contribution >= 4 is 43.8 Å². The van der Waals surface area contributed by atoms with Crippen LogP contribution in [0.4, 0.5) is 0 Å². The lowest BCUT2D eigenvalue weighted by molar-refractivity contribution is -0.139. The van der Waals surface area contributed by atoms with Crippen LogP contribution in [0.2, 0.25) is 0 Å². The first-order valence-electron chi connectivity index (χ1n) is 3.19. The number of hydrogen-bond donors (Lipinski definition) is 2. The highest BCUT2D eigenvalue weighted by Gasteiger charge is 2.31. The zero-order chi connectivity index (χ0) is 9.78. The van der Waals surface area contributed by atoms with E-state index in [1.165, 1.54) is 0 Å². The van der Waals surface area contributed by atoms with E-state index in [0.717, 1.165) is 0 Å². The molecule has 0 aliphatic carbocycles. The van der Waals surface area contributed by atoms with Crippen LogP contribution in [-0.4, -0.2) is 25.4 Å². The minimum absolute atomic E-state index is 0.0216. The Morgan fingerprint density at radius 1 is 1.25 bits per heavy atom. The lowest BCUT2D eigenvalue weighted by atomic mass is 10.2. The summed E-state index contributed by atoms with van der Waals surface area (Å²) in [7, 11) is 0. The molecule has 0 aromatic carbocycles. The number of carboxylic acid groups (broad SMARTS) is 2. The monoisotopic (exact) mass is 302 g/mol. The Balaban J connectivity index is 3.76. The van der Waals surface area contributed by atoms with Gasteiger partial charge >= 0.3 is 11.9 Å². The molecular formula is C6H8Br2O4. The standard InChI is InChI=1S/C6H8Br2O4/c7-6(8,5(11)12)3-1-2-4(9)10/h1-3H2,(H,9,10)(H,11,12). The maximum absolute atomic E-state index is 10.5. The molecule has 2 N–H and O–H groups in total. The van der Waals surface area contributed by atoms with E-state index in [4.69, 9.17) is 10.2 Å². The quantitative estimate of drug-likeness (QED) is 0.760. The lowest BCUT2D eigenvalue weighted by Gasteiger charge is -2.13. The summed E-state index contributed by atoms with van der Waals surface area (Å²) in [6, 6.07) is 0. The van der Waals surface area contributed by atoms with Crippen LogP contribution >= 0.6 is 31.9 Å². The van der Waals surface area contributed by atoms with Gasteiger partial charge in [0.05, 0.1) is 0 Å². The molecule has 12 heavy (non-hydrogen) atoms. The average molecular weight is 304 g/mol. The Hall–Kier alpha value is -0.100. The van der Waals surface area contributed by atoms with E-state index >= 15 is 0 Å². The molecule has 0 spiro atoms. The summed E-state index contributed by atoms with van der Waals surface area (Å²) in [6.07, 6.45) is 0.527. The summed E-state index contributed by atoms with van der Waals surface area (Å²) in [6.45, 7) is 0. The van der Waals surface area contributed by atoms with Crippen LogP contribution in [0.5, 0.6) is 0 Å². The summed E-state index contributed by atoms with van der Waals surface area (Å²) >= 11 is 5.84. The van der Waals surface area contributed by atoms with E-state index in [9.17, 15) is 9.59 Å². The van der Waals surface area contributed by atoms with Crippen LogP contribution in [0.3, 0.4) is 0 Å². The lowest BCUT2D eigenvalue weighted by Crippen LogP contribution is -2.24. The largest absolute Gasteiger partial charge is 0.481 e. The maximum atomic E-state index is 10.5. The van der Waals surface area contributed by atoms with Crippen LogP contribution in [0.1, 0.15) is 19.3 Å². The third-order valence-corrected chi connectivity index (χ3v) is 2.67. The molecule has 0 aliphatic heterocycles. The molecule has 0 heterocycles. The second-order valence-corrected chi connectivity index (χ2v) is 6.03. The van der Waals surface area contributed by atoms with Gasteiger partial charge in [0.1, 0.15) is 0 Å². The van der Waals surface area contributed by atoms with Gasteiger partial charge in [-0.1, -0.05) is 31.9 Å². The summed E-state index contributed by atoms with van der Waals surface area (Å²) in [5.41, 5.74) is 0. The van der Waals surface area contributed by atoms with Crippen molar-refractivity contribution in [2.45, 2.75) is 22.5 Å². The molecule has 70 valence electrons. The van der Waals surface area contributed by atoms with E-state index in [1.54, 1.807) is 0 Å². The molecule has 0 radical (unpaired) electrons. The van der Waals surface area contributed by atoms with E-state index in [0.29, 0.717) is 6.42 Å². The second kappa shape index (κ2) is 4.81. The first-order chi connectivity index (χ1) is 5.36. The topological polar surface area (TPSA) is 74.6 Å². The number of rotatable bonds is 5. The van der Waals surface area contributed by atoms with Crippen LogP contribution in [0, 0.1) is 0 Å². The van der Waals surface area contributed by atoms with Gasteiger partial charge in [0.2, 0.25) is 0 Å². The van der Waals surface area contributed by atoms with Crippen molar-refractivity contribution in [3.8, 4) is 0 Å². The molecule has 0 aromatic rings. The molecule has 4 nitrogen and oxygen atoms in total. The predicted octanol–water partition coefficient (Wildman–Crippen LogP) is 1.81. The van der Waals surface area contributed by atoms with Gasteiger partial charge in [-0.05, 0) is 12.8 Å². The molecular weight excluding hydrogens is 296 g/mol. The van der Waals surface area contributed by atoms with Gasteiger partial charge < -0.3 is 10.2 Å². The predicted molar refractivity (Wildman–Crippen MR) is 49.7 cm³/mol. The van der Waals surface area contributed by atoms with Crippen molar-refractivity contribution in [2.75, 3.05) is 0 Å². The molecule has 0 saturated carbocycles. The Bertz CT molecular complexity index is 190. The smallest absolute Gasteiger partial charge is 0.331 e. The molecule has 0 saturated heterocycles. The number of hydrogen-bond acceptors (Lipinski definition) is 2. The number of halogens is 2. The number of carboxylic acids is 2. The van der Waals surface area contributed by atoms with Crippen molar-refractivity contribution in [3.05, 3.63) is 0 Å². The summed E-state index contributed by atoms with van der Waals surface area (Å²) in [5, 5.41) is 16.8. The van der Waals surface area contributed by atoms with Crippen LogP contribution in [0.15, 0.2) is 0 Å².